The van der Waals surface area contributed by atoms with E-state index >= 15 is 0 Å². The first-order valence-electron chi connectivity index (χ1n) is 8.92. The summed E-state index contributed by atoms with van der Waals surface area (Å²) in [4.78, 5) is 14.6. The van der Waals surface area contributed by atoms with E-state index in [2.05, 4.69) is 4.98 Å². The zero-order valence-corrected chi connectivity index (χ0v) is 17.3. The van der Waals surface area contributed by atoms with E-state index in [1.165, 1.54) is 16.8 Å². The van der Waals surface area contributed by atoms with Crippen LogP contribution in [0.25, 0.3) is 0 Å². The van der Waals surface area contributed by atoms with Crippen molar-refractivity contribution in [3.63, 3.8) is 0 Å². The number of aliphatic hydroxyl groups is 2. The van der Waals surface area contributed by atoms with E-state index in [0.717, 1.165) is 12.1 Å². The van der Waals surface area contributed by atoms with Gasteiger partial charge in [-0.3, -0.25) is 14.1 Å². The van der Waals surface area contributed by atoms with Crippen LogP contribution in [-0.2, 0) is 25.0 Å². The molecule has 3 N–H and O–H groups in total. The van der Waals surface area contributed by atoms with Gasteiger partial charge in [0, 0.05) is 17.3 Å². The van der Waals surface area contributed by atoms with Crippen LogP contribution < -0.4 is 10.2 Å². The highest BCUT2D eigenvalue weighted by molar-refractivity contribution is 7.71. The van der Waals surface area contributed by atoms with Crippen LogP contribution in [0.2, 0.25) is 0 Å². The predicted octanol–water partition coefficient (Wildman–Crippen LogP) is 2.40. The van der Waals surface area contributed by atoms with Crippen molar-refractivity contribution >= 4 is 20.0 Å². The molecule has 0 bridgehead atoms. The number of fused-ring (bicyclic) bond motifs is 1. The van der Waals surface area contributed by atoms with E-state index in [9.17, 15) is 24.0 Å². The van der Waals surface area contributed by atoms with Crippen molar-refractivity contribution in [2.75, 3.05) is 0 Å². The molecule has 0 spiro atoms. The predicted molar refractivity (Wildman–Crippen MR) is 101 cm³/mol. The third-order valence-electron chi connectivity index (χ3n) is 4.73. The summed E-state index contributed by atoms with van der Waals surface area (Å²) in [5.41, 5.74) is 0.407. The van der Waals surface area contributed by atoms with Crippen molar-refractivity contribution in [2.45, 2.75) is 44.7 Å². The molecule has 1 aromatic heterocycles. The molecule has 2 aliphatic rings. The fourth-order valence-electron chi connectivity index (χ4n) is 3.21. The molecule has 0 aliphatic carbocycles. The maximum Gasteiger partial charge on any atom is 0.534 e. The summed E-state index contributed by atoms with van der Waals surface area (Å²) in [6, 6.07) is 3.46. The van der Waals surface area contributed by atoms with Gasteiger partial charge in [0.2, 0.25) is 0 Å². The summed E-state index contributed by atoms with van der Waals surface area (Å²) in [6.07, 6.45) is -0.370. The SMILES string of the molecule is Cc1cn(C2CCC(C(O)(O)OP3(=O)OCc4cc(F)ccc4O3)O2)c(=O)[nH]c1=S. The Morgan fingerprint density at radius 1 is 1.40 bits per heavy atom. The molecule has 1 fully saturated rings. The van der Waals surface area contributed by atoms with Crippen molar-refractivity contribution in [3.8, 4) is 5.75 Å². The third kappa shape index (κ3) is 4.12. The topological polar surface area (TPSA) is 132 Å². The molecule has 1 aromatic carbocycles. The van der Waals surface area contributed by atoms with Crippen LogP contribution in [0, 0.1) is 17.4 Å². The Kier molecular flexibility index (Phi) is 5.43. The number of phosphoric ester groups is 1. The van der Waals surface area contributed by atoms with Gasteiger partial charge in [-0.15, -0.1) is 0 Å². The largest absolute Gasteiger partial charge is 0.534 e. The molecule has 162 valence electrons. The number of ether oxygens (including phenoxy) is 1. The minimum Gasteiger partial charge on any atom is -0.404 e. The number of rotatable bonds is 4. The molecule has 1 saturated heterocycles. The smallest absolute Gasteiger partial charge is 0.404 e. The molecule has 2 aliphatic heterocycles. The number of nitrogens with zero attached hydrogens (tertiary/aromatic N) is 1. The van der Waals surface area contributed by atoms with Crippen molar-refractivity contribution in [1.29, 1.82) is 0 Å². The second kappa shape index (κ2) is 7.65. The van der Waals surface area contributed by atoms with Crippen molar-refractivity contribution in [1.82, 2.24) is 9.55 Å². The first kappa shape index (κ1) is 21.3. The Hall–Kier alpha value is -1.92. The first-order valence-corrected chi connectivity index (χ1v) is 10.8. The van der Waals surface area contributed by atoms with Crippen molar-refractivity contribution < 1.29 is 37.5 Å². The Morgan fingerprint density at radius 3 is 2.93 bits per heavy atom. The Balaban J connectivity index is 1.49. The molecule has 3 unspecified atom stereocenters. The number of hydrogen-bond donors (Lipinski definition) is 3. The molecule has 0 amide bonds. The molecule has 0 saturated carbocycles. The average molecular weight is 460 g/mol. The van der Waals surface area contributed by atoms with Crippen LogP contribution in [0.15, 0.2) is 29.2 Å². The highest BCUT2D eigenvalue weighted by Crippen LogP contribution is 2.57. The number of hydrogen-bond acceptors (Lipinski definition) is 9. The van der Waals surface area contributed by atoms with E-state index in [1.54, 1.807) is 6.92 Å². The standard InChI is InChI=1S/C17H18FN2O8PS/c1-9-7-20(16(21)19-15(9)30)14-5-4-13(26-14)17(22,23)28-29(24)25-8-10-6-11(18)2-3-12(10)27-29/h2-3,6-7,13-14,22-23H,4-5,8H2,1H3,(H,19,21,30). The Morgan fingerprint density at radius 2 is 2.17 bits per heavy atom. The van der Waals surface area contributed by atoms with Crippen molar-refractivity contribution in [2.24, 2.45) is 0 Å². The number of aromatic amines is 1. The third-order valence-corrected chi connectivity index (χ3v) is 6.51. The van der Waals surface area contributed by atoms with Crippen LogP contribution >= 0.6 is 20.0 Å². The normalized spacial score (nSPS) is 26.3. The summed E-state index contributed by atoms with van der Waals surface area (Å²) in [6.45, 7) is 1.40. The number of H-pyrrole nitrogens is 1. The van der Waals surface area contributed by atoms with Gasteiger partial charge in [0.25, 0.3) is 0 Å². The fourth-order valence-corrected chi connectivity index (χ4v) is 4.66. The lowest BCUT2D eigenvalue weighted by molar-refractivity contribution is -0.349. The molecular formula is C17H18FN2O8PS. The van der Waals surface area contributed by atoms with Gasteiger partial charge in [0.15, 0.2) is 0 Å². The lowest BCUT2D eigenvalue weighted by Crippen LogP contribution is -2.45. The molecule has 3 atom stereocenters. The molecule has 2 aromatic rings. The van der Waals surface area contributed by atoms with Crippen LogP contribution in [0.1, 0.15) is 30.2 Å². The van der Waals surface area contributed by atoms with E-state index < -0.39 is 37.6 Å². The summed E-state index contributed by atoms with van der Waals surface area (Å²) >= 11 is 5.01. The number of benzene rings is 1. The Labute approximate surface area is 174 Å². The number of nitrogens with one attached hydrogen (secondary N) is 1. The summed E-state index contributed by atoms with van der Waals surface area (Å²) < 4.78 is 48.1. The Bertz CT molecular complexity index is 1150. The lowest BCUT2D eigenvalue weighted by atomic mass is 10.2. The number of aryl methyl sites for hydroxylation is 1. The van der Waals surface area contributed by atoms with E-state index in [0.29, 0.717) is 11.1 Å². The van der Waals surface area contributed by atoms with Gasteiger partial charge in [0.05, 0.1) is 6.61 Å². The number of halogens is 1. The first-order chi connectivity index (χ1) is 14.1. The zero-order valence-electron chi connectivity index (χ0n) is 15.6. The van der Waals surface area contributed by atoms with Gasteiger partial charge in [0.1, 0.15) is 28.5 Å². The average Bonchev–Trinajstić information content (AvgIpc) is 3.15. The lowest BCUT2D eigenvalue weighted by Gasteiger charge is -2.32. The van der Waals surface area contributed by atoms with Gasteiger partial charge in [-0.2, -0.15) is 0 Å². The summed E-state index contributed by atoms with van der Waals surface area (Å²) in [5.74, 6) is -3.54. The monoisotopic (exact) mass is 460 g/mol. The van der Waals surface area contributed by atoms with Gasteiger partial charge >= 0.3 is 19.5 Å². The molecule has 3 heterocycles. The second-order valence-corrected chi connectivity index (χ2v) is 8.88. The quantitative estimate of drug-likeness (QED) is 0.357. The van der Waals surface area contributed by atoms with E-state index in [4.69, 9.17) is 30.5 Å². The fraction of sp³-hybridized carbons (Fsp3) is 0.412. The number of phosphoric acid groups is 1. The summed E-state index contributed by atoms with van der Waals surface area (Å²) in [5, 5.41) is 20.7. The zero-order chi connectivity index (χ0) is 21.7. The van der Waals surface area contributed by atoms with Gasteiger partial charge < -0.3 is 19.5 Å². The molecule has 30 heavy (non-hydrogen) atoms. The van der Waals surface area contributed by atoms with E-state index in [1.807, 2.05) is 0 Å². The van der Waals surface area contributed by atoms with Crippen LogP contribution in [-0.4, -0.2) is 31.8 Å². The minimum absolute atomic E-state index is 0.0357. The van der Waals surface area contributed by atoms with Crippen LogP contribution in [0.4, 0.5) is 4.39 Å². The van der Waals surface area contributed by atoms with Crippen LogP contribution in [0.5, 0.6) is 5.75 Å². The highest BCUT2D eigenvalue weighted by atomic mass is 32.1. The second-order valence-electron chi connectivity index (χ2n) is 6.95. The minimum atomic E-state index is -4.44. The maximum absolute atomic E-state index is 13.3. The van der Waals surface area contributed by atoms with Crippen LogP contribution in [0.3, 0.4) is 0 Å². The highest BCUT2D eigenvalue weighted by Gasteiger charge is 2.50. The van der Waals surface area contributed by atoms with Crippen molar-refractivity contribution in [3.05, 3.63) is 56.5 Å². The molecular weight excluding hydrogens is 442 g/mol. The molecule has 10 nitrogen and oxygen atoms in total. The molecule has 4 rings (SSSR count). The van der Waals surface area contributed by atoms with Gasteiger partial charge in [-0.1, -0.05) is 12.2 Å². The molecule has 13 heteroatoms. The van der Waals surface area contributed by atoms with Gasteiger partial charge in [-0.25, -0.2) is 18.3 Å². The summed E-state index contributed by atoms with van der Waals surface area (Å²) in [7, 11) is -4.44. The maximum atomic E-state index is 13.3. The van der Waals surface area contributed by atoms with E-state index in [-0.39, 0.29) is 29.8 Å². The van der Waals surface area contributed by atoms with Gasteiger partial charge in [-0.05, 0) is 38.0 Å². The number of aromatic nitrogens is 2. The molecule has 0 radical (unpaired) electrons.